The molecule has 78 valence electrons. The predicted molar refractivity (Wildman–Crippen MR) is 63.6 cm³/mol. The minimum absolute atomic E-state index is 0.0706. The zero-order valence-electron chi connectivity index (χ0n) is 8.24. The smallest absolute Gasteiger partial charge is 0.0568 e. The third-order valence-corrected chi connectivity index (χ3v) is 5.27. The Balaban J connectivity index is 2.02. The van der Waals surface area contributed by atoms with E-state index >= 15 is 0 Å². The van der Waals surface area contributed by atoms with Gasteiger partial charge >= 0.3 is 0 Å². The van der Waals surface area contributed by atoms with Crippen LogP contribution in [0.3, 0.4) is 0 Å². The molecule has 1 saturated carbocycles. The normalized spacial score (nSPS) is 32.4. The molecular weight excluding hydrogens is 260 g/mol. The van der Waals surface area contributed by atoms with Crippen molar-refractivity contribution in [1.82, 2.24) is 0 Å². The molecule has 0 aliphatic heterocycles. The minimum Gasteiger partial charge on any atom is -0.393 e. The van der Waals surface area contributed by atoms with Gasteiger partial charge in [0, 0.05) is 9.35 Å². The molecule has 1 fully saturated rings. The van der Waals surface area contributed by atoms with Gasteiger partial charge in [-0.3, -0.25) is 0 Å². The molecule has 0 bridgehead atoms. The van der Waals surface area contributed by atoms with Crippen molar-refractivity contribution in [2.24, 2.45) is 11.8 Å². The zero-order chi connectivity index (χ0) is 10.1. The van der Waals surface area contributed by atoms with Gasteiger partial charge in [-0.25, -0.2) is 0 Å². The summed E-state index contributed by atoms with van der Waals surface area (Å²) in [4.78, 5) is 1.43. The van der Waals surface area contributed by atoms with Gasteiger partial charge < -0.3 is 5.11 Å². The predicted octanol–water partition coefficient (Wildman–Crippen LogP) is 3.46. The lowest BCUT2D eigenvalue weighted by atomic mass is 9.93. The third-order valence-electron chi connectivity index (χ3n) is 3.32. The van der Waals surface area contributed by atoms with Gasteiger partial charge in [-0.05, 0) is 58.5 Å². The Morgan fingerprint density at radius 3 is 2.86 bits per heavy atom. The van der Waals surface area contributed by atoms with Crippen LogP contribution in [0, 0.1) is 11.8 Å². The Kier molecular flexibility index (Phi) is 3.30. The van der Waals surface area contributed by atoms with Gasteiger partial charge in [-0.15, -0.1) is 11.3 Å². The van der Waals surface area contributed by atoms with Crippen molar-refractivity contribution >= 4 is 27.3 Å². The molecule has 3 atom stereocenters. The van der Waals surface area contributed by atoms with Crippen molar-refractivity contribution in [3.05, 3.63) is 20.8 Å². The summed E-state index contributed by atoms with van der Waals surface area (Å²) >= 11 is 5.37. The molecule has 0 aromatic carbocycles. The molecule has 0 spiro atoms. The SMILES string of the molecule is CC1C(O)CCC1Cc1sccc1Br. The first kappa shape index (κ1) is 10.7. The third kappa shape index (κ3) is 2.05. The summed E-state index contributed by atoms with van der Waals surface area (Å²) in [6, 6.07) is 2.11. The van der Waals surface area contributed by atoms with Crippen LogP contribution in [0.4, 0.5) is 0 Å². The van der Waals surface area contributed by atoms with Crippen molar-refractivity contribution in [2.45, 2.75) is 32.3 Å². The van der Waals surface area contributed by atoms with E-state index in [2.05, 4.69) is 34.3 Å². The Morgan fingerprint density at radius 1 is 1.57 bits per heavy atom. The van der Waals surface area contributed by atoms with Crippen LogP contribution in [0.5, 0.6) is 0 Å². The van der Waals surface area contributed by atoms with E-state index in [0.29, 0.717) is 11.8 Å². The molecule has 1 nitrogen and oxygen atoms in total. The van der Waals surface area contributed by atoms with Gasteiger partial charge in [0.25, 0.3) is 0 Å². The minimum atomic E-state index is -0.0706. The van der Waals surface area contributed by atoms with Crippen LogP contribution in [0.1, 0.15) is 24.6 Å². The van der Waals surface area contributed by atoms with E-state index in [-0.39, 0.29) is 6.10 Å². The molecule has 0 amide bonds. The van der Waals surface area contributed by atoms with E-state index in [1.165, 1.54) is 15.8 Å². The van der Waals surface area contributed by atoms with Crippen LogP contribution in [-0.2, 0) is 6.42 Å². The van der Waals surface area contributed by atoms with Crippen molar-refractivity contribution in [3.63, 3.8) is 0 Å². The van der Waals surface area contributed by atoms with E-state index in [9.17, 15) is 5.11 Å². The summed E-state index contributed by atoms with van der Waals surface area (Å²) < 4.78 is 1.23. The van der Waals surface area contributed by atoms with Crippen LogP contribution in [0.2, 0.25) is 0 Å². The van der Waals surface area contributed by atoms with Crippen molar-refractivity contribution in [1.29, 1.82) is 0 Å². The van der Waals surface area contributed by atoms with Crippen LogP contribution in [0.15, 0.2) is 15.9 Å². The Morgan fingerprint density at radius 2 is 2.36 bits per heavy atom. The van der Waals surface area contributed by atoms with Gasteiger partial charge in [0.1, 0.15) is 0 Å². The molecule has 2 rings (SSSR count). The summed E-state index contributed by atoms with van der Waals surface area (Å²) in [5.74, 6) is 1.13. The standard InChI is InChI=1S/C11H15BrOS/c1-7-8(2-3-10(7)13)6-11-9(12)4-5-14-11/h4-5,7-8,10,13H,2-3,6H2,1H3. The molecule has 1 N–H and O–H groups in total. The highest BCUT2D eigenvalue weighted by atomic mass is 79.9. The van der Waals surface area contributed by atoms with Gasteiger partial charge in [-0.2, -0.15) is 0 Å². The van der Waals surface area contributed by atoms with Crippen LogP contribution >= 0.6 is 27.3 Å². The molecule has 3 heteroatoms. The maximum Gasteiger partial charge on any atom is 0.0568 e. The summed E-state index contributed by atoms with van der Waals surface area (Å²) in [6.45, 7) is 2.17. The van der Waals surface area contributed by atoms with E-state index in [1.54, 1.807) is 0 Å². The average Bonchev–Trinajstić information content (AvgIpc) is 2.68. The summed E-state index contributed by atoms with van der Waals surface area (Å²) in [5, 5.41) is 11.8. The summed E-state index contributed by atoms with van der Waals surface area (Å²) in [5.41, 5.74) is 0. The number of thiophene rings is 1. The molecule has 1 heterocycles. The molecule has 0 radical (unpaired) electrons. The summed E-state index contributed by atoms with van der Waals surface area (Å²) in [7, 11) is 0. The van der Waals surface area contributed by atoms with E-state index in [1.807, 2.05) is 11.3 Å². The van der Waals surface area contributed by atoms with Crippen LogP contribution < -0.4 is 0 Å². The number of aliphatic hydroxyl groups excluding tert-OH is 1. The van der Waals surface area contributed by atoms with Gasteiger partial charge in [-0.1, -0.05) is 6.92 Å². The Hall–Kier alpha value is 0.140. The van der Waals surface area contributed by atoms with Gasteiger partial charge in [0.05, 0.1) is 6.10 Å². The first-order chi connectivity index (χ1) is 6.68. The average molecular weight is 275 g/mol. The number of hydrogen-bond donors (Lipinski definition) is 1. The van der Waals surface area contributed by atoms with E-state index in [0.717, 1.165) is 12.8 Å². The second-order valence-corrected chi connectivity index (χ2v) is 6.01. The quantitative estimate of drug-likeness (QED) is 0.876. The Labute approximate surface area is 97.3 Å². The van der Waals surface area contributed by atoms with Crippen LogP contribution in [0.25, 0.3) is 0 Å². The lowest BCUT2D eigenvalue weighted by Gasteiger charge is -2.16. The number of hydrogen-bond acceptors (Lipinski definition) is 2. The highest BCUT2D eigenvalue weighted by Crippen LogP contribution is 2.36. The van der Waals surface area contributed by atoms with E-state index in [4.69, 9.17) is 0 Å². The van der Waals surface area contributed by atoms with Crippen molar-refractivity contribution < 1.29 is 5.11 Å². The van der Waals surface area contributed by atoms with Crippen molar-refractivity contribution in [3.8, 4) is 0 Å². The second kappa shape index (κ2) is 4.33. The maximum atomic E-state index is 9.66. The fourth-order valence-electron chi connectivity index (χ4n) is 2.22. The molecule has 14 heavy (non-hydrogen) atoms. The highest BCUT2D eigenvalue weighted by Gasteiger charge is 2.31. The highest BCUT2D eigenvalue weighted by molar-refractivity contribution is 9.10. The zero-order valence-corrected chi connectivity index (χ0v) is 10.6. The first-order valence-electron chi connectivity index (χ1n) is 5.08. The topological polar surface area (TPSA) is 20.2 Å². The van der Waals surface area contributed by atoms with Crippen LogP contribution in [-0.4, -0.2) is 11.2 Å². The molecule has 1 aromatic rings. The Bertz CT molecular complexity index is 310. The molecule has 1 aromatic heterocycles. The van der Waals surface area contributed by atoms with Crippen molar-refractivity contribution in [2.75, 3.05) is 0 Å². The summed E-state index contributed by atoms with van der Waals surface area (Å²) in [6.07, 6.45) is 3.21. The fourth-order valence-corrected chi connectivity index (χ4v) is 3.83. The first-order valence-corrected chi connectivity index (χ1v) is 6.75. The maximum absolute atomic E-state index is 9.66. The lowest BCUT2D eigenvalue weighted by Crippen LogP contribution is -2.16. The van der Waals surface area contributed by atoms with Gasteiger partial charge in [0.2, 0.25) is 0 Å². The number of rotatable bonds is 2. The number of aliphatic hydroxyl groups is 1. The fraction of sp³-hybridized carbons (Fsp3) is 0.636. The van der Waals surface area contributed by atoms with E-state index < -0.39 is 0 Å². The van der Waals surface area contributed by atoms with Gasteiger partial charge in [0.15, 0.2) is 0 Å². The second-order valence-electron chi connectivity index (χ2n) is 4.16. The molecule has 0 saturated heterocycles. The largest absolute Gasteiger partial charge is 0.393 e. The molecule has 1 aliphatic carbocycles. The number of halogens is 1. The molecule has 3 unspecified atom stereocenters. The molecule has 1 aliphatic rings. The molecular formula is C11H15BrOS. The lowest BCUT2D eigenvalue weighted by molar-refractivity contribution is 0.127. The monoisotopic (exact) mass is 274 g/mol.